The van der Waals surface area contributed by atoms with E-state index in [2.05, 4.69) is 34.4 Å². The SMILES string of the molecule is COc1ccccc1CCNC(=O)c1cc(C)nc(NCC(C)C)n1. The summed E-state index contributed by atoms with van der Waals surface area (Å²) in [6, 6.07) is 9.49. The number of carbonyl (C=O) groups excluding carboxylic acids is 1. The van der Waals surface area contributed by atoms with Crippen LogP contribution in [-0.4, -0.2) is 36.1 Å². The summed E-state index contributed by atoms with van der Waals surface area (Å²) in [6.07, 6.45) is 0.693. The molecule has 0 fully saturated rings. The number of ether oxygens (including phenoxy) is 1. The van der Waals surface area contributed by atoms with E-state index < -0.39 is 0 Å². The molecule has 0 aliphatic heterocycles. The average Bonchev–Trinajstić information content (AvgIpc) is 2.59. The van der Waals surface area contributed by atoms with Crippen molar-refractivity contribution >= 4 is 11.9 Å². The molecule has 6 heteroatoms. The van der Waals surface area contributed by atoms with Gasteiger partial charge in [-0.25, -0.2) is 9.97 Å². The zero-order valence-electron chi connectivity index (χ0n) is 15.3. The van der Waals surface area contributed by atoms with E-state index in [1.54, 1.807) is 13.2 Å². The van der Waals surface area contributed by atoms with Crippen LogP contribution in [0.4, 0.5) is 5.95 Å². The molecule has 0 unspecified atom stereocenters. The first-order valence-electron chi connectivity index (χ1n) is 8.49. The van der Waals surface area contributed by atoms with Gasteiger partial charge in [-0.05, 0) is 37.0 Å². The van der Waals surface area contributed by atoms with Crippen molar-refractivity contribution in [2.24, 2.45) is 5.92 Å². The van der Waals surface area contributed by atoms with Crippen LogP contribution in [0.25, 0.3) is 0 Å². The van der Waals surface area contributed by atoms with E-state index >= 15 is 0 Å². The fourth-order valence-electron chi connectivity index (χ4n) is 2.37. The molecule has 2 N–H and O–H groups in total. The molecule has 1 amide bonds. The molecule has 1 aromatic heterocycles. The molecule has 0 radical (unpaired) electrons. The minimum absolute atomic E-state index is 0.201. The Morgan fingerprint density at radius 1 is 1.24 bits per heavy atom. The minimum Gasteiger partial charge on any atom is -0.496 e. The van der Waals surface area contributed by atoms with Gasteiger partial charge in [-0.15, -0.1) is 0 Å². The molecule has 0 spiro atoms. The molecular formula is C19H26N4O2. The number of rotatable bonds is 8. The molecule has 0 aliphatic carbocycles. The highest BCUT2D eigenvalue weighted by Crippen LogP contribution is 2.17. The first-order chi connectivity index (χ1) is 12.0. The van der Waals surface area contributed by atoms with Crippen molar-refractivity contribution in [1.82, 2.24) is 15.3 Å². The van der Waals surface area contributed by atoms with E-state index in [1.807, 2.05) is 31.2 Å². The molecule has 6 nitrogen and oxygen atoms in total. The Labute approximate surface area is 149 Å². The van der Waals surface area contributed by atoms with Gasteiger partial charge in [0, 0.05) is 18.8 Å². The third kappa shape index (κ3) is 5.74. The third-order valence-electron chi connectivity index (χ3n) is 3.63. The van der Waals surface area contributed by atoms with Gasteiger partial charge in [0.25, 0.3) is 5.91 Å². The van der Waals surface area contributed by atoms with Crippen molar-refractivity contribution in [3.05, 3.63) is 47.3 Å². The van der Waals surface area contributed by atoms with Crippen LogP contribution in [0.3, 0.4) is 0 Å². The van der Waals surface area contributed by atoms with Gasteiger partial charge in [0.1, 0.15) is 11.4 Å². The normalized spacial score (nSPS) is 10.6. The lowest BCUT2D eigenvalue weighted by atomic mass is 10.1. The molecule has 0 atom stereocenters. The zero-order chi connectivity index (χ0) is 18.2. The quantitative estimate of drug-likeness (QED) is 0.771. The average molecular weight is 342 g/mol. The highest BCUT2D eigenvalue weighted by atomic mass is 16.5. The number of para-hydroxylation sites is 1. The molecule has 0 aliphatic rings. The molecule has 25 heavy (non-hydrogen) atoms. The van der Waals surface area contributed by atoms with Gasteiger partial charge in [0.15, 0.2) is 0 Å². The lowest BCUT2D eigenvalue weighted by molar-refractivity contribution is 0.0949. The van der Waals surface area contributed by atoms with Crippen molar-refractivity contribution in [2.45, 2.75) is 27.2 Å². The minimum atomic E-state index is -0.201. The van der Waals surface area contributed by atoms with E-state index in [4.69, 9.17) is 4.74 Å². The zero-order valence-corrected chi connectivity index (χ0v) is 15.3. The van der Waals surface area contributed by atoms with Crippen LogP contribution >= 0.6 is 0 Å². The molecule has 134 valence electrons. The summed E-state index contributed by atoms with van der Waals surface area (Å²) in [6.45, 7) is 7.34. The largest absolute Gasteiger partial charge is 0.496 e. The second kappa shape index (κ2) is 9.01. The summed E-state index contributed by atoms with van der Waals surface area (Å²) in [5, 5.41) is 6.06. The number of carbonyl (C=O) groups is 1. The van der Waals surface area contributed by atoms with Gasteiger partial charge in [0.2, 0.25) is 5.95 Å². The van der Waals surface area contributed by atoms with Crippen molar-refractivity contribution in [3.63, 3.8) is 0 Å². The maximum absolute atomic E-state index is 12.4. The number of hydrogen-bond acceptors (Lipinski definition) is 5. The summed E-state index contributed by atoms with van der Waals surface area (Å²) in [5.74, 6) is 1.59. The first kappa shape index (κ1) is 18.7. The maximum Gasteiger partial charge on any atom is 0.270 e. The fraction of sp³-hybridized carbons (Fsp3) is 0.421. The molecule has 2 aromatic rings. The van der Waals surface area contributed by atoms with E-state index in [-0.39, 0.29) is 5.91 Å². The second-order valence-electron chi connectivity index (χ2n) is 6.31. The van der Waals surface area contributed by atoms with Crippen LogP contribution < -0.4 is 15.4 Å². The number of benzene rings is 1. The summed E-state index contributed by atoms with van der Waals surface area (Å²) in [5.41, 5.74) is 2.19. The predicted octanol–water partition coefficient (Wildman–Crippen LogP) is 2.83. The lowest BCUT2D eigenvalue weighted by Crippen LogP contribution is -2.27. The number of hydrogen-bond donors (Lipinski definition) is 2. The Balaban J connectivity index is 1.96. The van der Waals surface area contributed by atoms with Crippen molar-refractivity contribution in [3.8, 4) is 5.75 Å². The number of aromatic nitrogens is 2. The van der Waals surface area contributed by atoms with Crippen LogP contribution in [-0.2, 0) is 6.42 Å². The van der Waals surface area contributed by atoms with Crippen LogP contribution in [0.15, 0.2) is 30.3 Å². The van der Waals surface area contributed by atoms with E-state index in [1.165, 1.54) is 0 Å². The Hall–Kier alpha value is -2.63. The predicted molar refractivity (Wildman–Crippen MR) is 99.1 cm³/mol. The number of amides is 1. The van der Waals surface area contributed by atoms with Gasteiger partial charge < -0.3 is 15.4 Å². The summed E-state index contributed by atoms with van der Waals surface area (Å²) < 4.78 is 5.32. The fourth-order valence-corrected chi connectivity index (χ4v) is 2.37. The lowest BCUT2D eigenvalue weighted by Gasteiger charge is -2.11. The molecule has 1 aromatic carbocycles. The number of nitrogens with zero attached hydrogens (tertiary/aromatic N) is 2. The van der Waals surface area contributed by atoms with Crippen LogP contribution in [0.2, 0.25) is 0 Å². The molecule has 0 saturated heterocycles. The van der Waals surface area contributed by atoms with Crippen molar-refractivity contribution in [2.75, 3.05) is 25.5 Å². The van der Waals surface area contributed by atoms with E-state index in [0.29, 0.717) is 30.5 Å². The Morgan fingerprint density at radius 2 is 2.00 bits per heavy atom. The summed E-state index contributed by atoms with van der Waals surface area (Å²) in [4.78, 5) is 21.0. The molecule has 0 saturated carbocycles. The summed E-state index contributed by atoms with van der Waals surface area (Å²) in [7, 11) is 1.65. The maximum atomic E-state index is 12.4. The number of nitrogens with one attached hydrogen (secondary N) is 2. The third-order valence-corrected chi connectivity index (χ3v) is 3.63. The highest BCUT2D eigenvalue weighted by Gasteiger charge is 2.11. The highest BCUT2D eigenvalue weighted by molar-refractivity contribution is 5.92. The second-order valence-corrected chi connectivity index (χ2v) is 6.31. The van der Waals surface area contributed by atoms with Crippen LogP contribution in [0, 0.1) is 12.8 Å². The smallest absolute Gasteiger partial charge is 0.270 e. The Morgan fingerprint density at radius 3 is 2.72 bits per heavy atom. The van der Waals surface area contributed by atoms with E-state index in [0.717, 1.165) is 23.6 Å². The van der Waals surface area contributed by atoms with Gasteiger partial charge in [-0.2, -0.15) is 0 Å². The Kier molecular flexibility index (Phi) is 6.74. The first-order valence-corrected chi connectivity index (χ1v) is 8.49. The van der Waals surface area contributed by atoms with Crippen molar-refractivity contribution < 1.29 is 9.53 Å². The van der Waals surface area contributed by atoms with E-state index in [9.17, 15) is 4.79 Å². The number of methoxy groups -OCH3 is 1. The van der Waals surface area contributed by atoms with Crippen molar-refractivity contribution in [1.29, 1.82) is 0 Å². The van der Waals surface area contributed by atoms with Crippen LogP contribution in [0.1, 0.15) is 35.6 Å². The molecule has 1 heterocycles. The summed E-state index contributed by atoms with van der Waals surface area (Å²) >= 11 is 0. The van der Waals surface area contributed by atoms with Gasteiger partial charge in [-0.1, -0.05) is 32.0 Å². The molecule has 2 rings (SSSR count). The number of aryl methyl sites for hydroxylation is 1. The molecule has 0 bridgehead atoms. The Bertz CT molecular complexity index is 716. The molecular weight excluding hydrogens is 316 g/mol. The number of anilines is 1. The van der Waals surface area contributed by atoms with Gasteiger partial charge >= 0.3 is 0 Å². The van der Waals surface area contributed by atoms with Gasteiger partial charge in [0.05, 0.1) is 7.11 Å². The topological polar surface area (TPSA) is 76.1 Å². The standard InChI is InChI=1S/C19H26N4O2/c1-13(2)12-21-19-22-14(3)11-16(23-19)18(24)20-10-9-15-7-5-6-8-17(15)25-4/h5-8,11,13H,9-10,12H2,1-4H3,(H,20,24)(H,21,22,23). The monoisotopic (exact) mass is 342 g/mol. The van der Waals surface area contributed by atoms with Crippen LogP contribution in [0.5, 0.6) is 5.75 Å². The van der Waals surface area contributed by atoms with Gasteiger partial charge in [-0.3, -0.25) is 4.79 Å².